The summed E-state index contributed by atoms with van der Waals surface area (Å²) in [5, 5.41) is 3.88. The highest BCUT2D eigenvalue weighted by atomic mass is 35.5. The third-order valence-corrected chi connectivity index (χ3v) is 6.64. The summed E-state index contributed by atoms with van der Waals surface area (Å²) in [6, 6.07) is 13.0. The second-order valence-corrected chi connectivity index (χ2v) is 8.84. The highest BCUT2D eigenvalue weighted by Gasteiger charge is 2.45. The van der Waals surface area contributed by atoms with Gasteiger partial charge in [-0.15, -0.1) is 0 Å². The van der Waals surface area contributed by atoms with E-state index >= 15 is 0 Å². The zero-order valence-electron chi connectivity index (χ0n) is 19.7. The minimum absolute atomic E-state index is 0.0454. The van der Waals surface area contributed by atoms with Crippen molar-refractivity contribution in [2.45, 2.75) is 32.1 Å². The average Bonchev–Trinajstić information content (AvgIpc) is 2.82. The molecular weight excluding hydrogens is 454 g/mol. The molecule has 1 N–H and O–H groups in total. The van der Waals surface area contributed by atoms with Gasteiger partial charge in [-0.1, -0.05) is 35.9 Å². The fraction of sp³-hybridized carbons (Fsp3) is 0.333. The Labute approximate surface area is 204 Å². The summed E-state index contributed by atoms with van der Waals surface area (Å²) in [7, 11) is 3.18. The lowest BCUT2D eigenvalue weighted by atomic mass is 9.68. The monoisotopic (exact) mass is 481 g/mol. The quantitative estimate of drug-likeness (QED) is 0.576. The van der Waals surface area contributed by atoms with E-state index in [1.54, 1.807) is 27.2 Å². The molecule has 3 atom stereocenters. The van der Waals surface area contributed by atoms with Crippen molar-refractivity contribution >= 4 is 23.4 Å². The smallest absolute Gasteiger partial charge is 0.336 e. The van der Waals surface area contributed by atoms with Gasteiger partial charge < -0.3 is 19.5 Å². The summed E-state index contributed by atoms with van der Waals surface area (Å²) in [6.45, 7) is 3.86. The van der Waals surface area contributed by atoms with Crippen LogP contribution in [0.5, 0.6) is 11.5 Å². The second-order valence-electron chi connectivity index (χ2n) is 8.41. The van der Waals surface area contributed by atoms with E-state index in [0.29, 0.717) is 34.2 Å². The molecule has 0 amide bonds. The predicted octanol–water partition coefficient (Wildman–Crippen LogP) is 5.14. The van der Waals surface area contributed by atoms with Gasteiger partial charge in [0.2, 0.25) is 0 Å². The first-order chi connectivity index (χ1) is 16.4. The van der Waals surface area contributed by atoms with Crippen LogP contribution in [-0.4, -0.2) is 32.6 Å². The highest BCUT2D eigenvalue weighted by molar-refractivity contribution is 6.30. The lowest BCUT2D eigenvalue weighted by molar-refractivity contribution is -0.139. The summed E-state index contributed by atoms with van der Waals surface area (Å²) in [6.07, 6.45) is 2.38. The number of esters is 1. The fourth-order valence-electron chi connectivity index (χ4n) is 4.91. The average molecular weight is 482 g/mol. The van der Waals surface area contributed by atoms with Gasteiger partial charge in [0.05, 0.1) is 32.3 Å². The van der Waals surface area contributed by atoms with Gasteiger partial charge >= 0.3 is 5.97 Å². The number of carbonyl (C=O) groups is 2. The molecular formula is C27H28ClNO5. The van der Waals surface area contributed by atoms with Gasteiger partial charge in [0.25, 0.3) is 0 Å². The predicted molar refractivity (Wildman–Crippen MR) is 130 cm³/mol. The van der Waals surface area contributed by atoms with Crippen molar-refractivity contribution in [2.75, 3.05) is 20.8 Å². The van der Waals surface area contributed by atoms with Gasteiger partial charge in [0, 0.05) is 34.7 Å². The fourth-order valence-corrected chi connectivity index (χ4v) is 5.11. The number of methoxy groups -OCH3 is 2. The van der Waals surface area contributed by atoms with Gasteiger partial charge in [-0.3, -0.25) is 4.79 Å². The molecule has 0 aromatic heterocycles. The summed E-state index contributed by atoms with van der Waals surface area (Å²) >= 11 is 6.29. The molecule has 0 saturated heterocycles. The number of rotatable bonds is 6. The summed E-state index contributed by atoms with van der Waals surface area (Å²) in [5.41, 5.74) is 3.68. The largest absolute Gasteiger partial charge is 0.493 e. The number of hydrogen-bond donors (Lipinski definition) is 1. The molecule has 34 heavy (non-hydrogen) atoms. The molecule has 0 bridgehead atoms. The Kier molecular flexibility index (Phi) is 6.98. The van der Waals surface area contributed by atoms with E-state index < -0.39 is 17.8 Å². The number of allylic oxidation sites excluding steroid dienone is 3. The van der Waals surface area contributed by atoms with Crippen molar-refractivity contribution in [1.82, 2.24) is 5.32 Å². The topological polar surface area (TPSA) is 73.9 Å². The second kappa shape index (κ2) is 9.94. The molecule has 0 spiro atoms. The number of Topliss-reactive ketones (excluding diaryl/α,β-unsaturated/α-hetero) is 1. The molecule has 1 aliphatic carbocycles. The van der Waals surface area contributed by atoms with Gasteiger partial charge in [0.15, 0.2) is 11.5 Å². The van der Waals surface area contributed by atoms with Crippen LogP contribution in [0.3, 0.4) is 0 Å². The number of fused-ring (bicyclic) bond motifs is 1. The van der Waals surface area contributed by atoms with Crippen molar-refractivity contribution in [3.05, 3.63) is 81.7 Å². The molecule has 0 fully saturated rings. The van der Waals surface area contributed by atoms with Crippen LogP contribution in [0, 0.1) is 5.92 Å². The number of halogens is 1. The first-order valence-corrected chi connectivity index (χ1v) is 11.6. The van der Waals surface area contributed by atoms with Crippen LogP contribution in [0.2, 0.25) is 5.02 Å². The van der Waals surface area contributed by atoms with Gasteiger partial charge in [-0.05, 0) is 49.2 Å². The van der Waals surface area contributed by atoms with E-state index in [4.69, 9.17) is 25.8 Å². The third kappa shape index (κ3) is 4.42. The molecule has 0 radical (unpaired) electrons. The molecule has 6 nitrogen and oxygen atoms in total. The minimum atomic E-state index is -0.530. The lowest BCUT2D eigenvalue weighted by Gasteiger charge is -2.39. The number of hydrogen-bond acceptors (Lipinski definition) is 6. The Morgan fingerprint density at radius 3 is 2.50 bits per heavy atom. The molecule has 0 saturated carbocycles. The molecule has 1 heterocycles. The maximum atomic E-state index is 13.6. The zero-order valence-corrected chi connectivity index (χ0v) is 20.4. The van der Waals surface area contributed by atoms with Crippen LogP contribution in [0.1, 0.15) is 43.2 Å². The molecule has 1 aliphatic heterocycles. The molecule has 2 aliphatic rings. The maximum Gasteiger partial charge on any atom is 0.336 e. The van der Waals surface area contributed by atoms with Crippen molar-refractivity contribution in [3.8, 4) is 11.5 Å². The van der Waals surface area contributed by atoms with Gasteiger partial charge in [-0.2, -0.15) is 0 Å². The Morgan fingerprint density at radius 1 is 1.06 bits per heavy atom. The zero-order chi connectivity index (χ0) is 24.4. The SMILES string of the molecule is CCOC(=O)C1=C(C)NC2=CC(c3ccc(OC)c(OC)c3)CC(=O)C2C1c1cccc(Cl)c1. The molecule has 178 valence electrons. The first kappa shape index (κ1) is 23.9. The highest BCUT2D eigenvalue weighted by Crippen LogP contribution is 2.47. The maximum absolute atomic E-state index is 13.6. The lowest BCUT2D eigenvalue weighted by Crippen LogP contribution is -2.42. The van der Waals surface area contributed by atoms with Crippen molar-refractivity contribution in [1.29, 1.82) is 0 Å². The van der Waals surface area contributed by atoms with E-state index in [1.807, 2.05) is 43.3 Å². The Morgan fingerprint density at radius 2 is 1.82 bits per heavy atom. The Hall–Kier alpha value is -3.25. The third-order valence-electron chi connectivity index (χ3n) is 6.40. The Bertz CT molecular complexity index is 1190. The molecule has 3 unspecified atom stereocenters. The van der Waals surface area contributed by atoms with Crippen LogP contribution >= 0.6 is 11.6 Å². The van der Waals surface area contributed by atoms with Crippen molar-refractivity contribution in [3.63, 3.8) is 0 Å². The van der Waals surface area contributed by atoms with E-state index in [9.17, 15) is 9.59 Å². The van der Waals surface area contributed by atoms with E-state index in [0.717, 1.165) is 16.8 Å². The van der Waals surface area contributed by atoms with E-state index in [2.05, 4.69) is 11.4 Å². The van der Waals surface area contributed by atoms with Crippen LogP contribution in [-0.2, 0) is 14.3 Å². The Balaban J connectivity index is 1.81. The van der Waals surface area contributed by atoms with E-state index in [-0.39, 0.29) is 18.3 Å². The van der Waals surface area contributed by atoms with Crippen molar-refractivity contribution in [2.24, 2.45) is 5.92 Å². The van der Waals surface area contributed by atoms with Crippen LogP contribution in [0.15, 0.2) is 65.5 Å². The summed E-state index contributed by atoms with van der Waals surface area (Å²) in [4.78, 5) is 26.6. The summed E-state index contributed by atoms with van der Waals surface area (Å²) < 4.78 is 16.2. The number of ether oxygens (including phenoxy) is 3. The number of carbonyl (C=O) groups excluding carboxylic acids is 2. The first-order valence-electron chi connectivity index (χ1n) is 11.2. The van der Waals surface area contributed by atoms with Crippen LogP contribution in [0.25, 0.3) is 0 Å². The molecule has 2 aromatic carbocycles. The molecule has 7 heteroatoms. The summed E-state index contributed by atoms with van der Waals surface area (Å²) in [5.74, 6) is -0.281. The normalized spacial score (nSPS) is 21.9. The van der Waals surface area contributed by atoms with Crippen LogP contribution < -0.4 is 14.8 Å². The molecule has 2 aromatic rings. The molecule has 4 rings (SSSR count). The number of ketones is 1. The van der Waals surface area contributed by atoms with Crippen LogP contribution in [0.4, 0.5) is 0 Å². The van der Waals surface area contributed by atoms with Crippen molar-refractivity contribution < 1.29 is 23.8 Å². The standard InChI is InChI=1S/C27H28ClNO5/c1-5-34-27(31)24-15(2)29-20-12-18(16-9-10-22(32-3)23(14-16)33-4)13-21(30)26(20)25(24)17-7-6-8-19(28)11-17/h6-12,14,18,25-26,29H,5,13H2,1-4H3. The van der Waals surface area contributed by atoms with Gasteiger partial charge in [-0.25, -0.2) is 4.79 Å². The van der Waals surface area contributed by atoms with Gasteiger partial charge in [0.1, 0.15) is 5.78 Å². The minimum Gasteiger partial charge on any atom is -0.493 e. The number of nitrogens with one attached hydrogen (secondary N) is 1. The number of benzene rings is 2. The van der Waals surface area contributed by atoms with E-state index in [1.165, 1.54) is 0 Å².